The van der Waals surface area contributed by atoms with Crippen molar-refractivity contribution in [3.63, 3.8) is 0 Å². The number of esters is 1. The third-order valence-electron chi connectivity index (χ3n) is 5.66. The molecule has 0 aromatic rings. The first-order valence-electron chi connectivity index (χ1n) is 8.19. The zero-order chi connectivity index (χ0) is 16.7. The van der Waals surface area contributed by atoms with E-state index in [1.807, 2.05) is 20.8 Å². The Balaban J connectivity index is 0.000000847. The summed E-state index contributed by atoms with van der Waals surface area (Å²) in [5, 5.41) is 0. The number of carbonyl (C=O) groups excluding carboxylic acids is 1. The van der Waals surface area contributed by atoms with Gasteiger partial charge in [0.15, 0.2) is 0 Å². The van der Waals surface area contributed by atoms with Gasteiger partial charge in [-0.25, -0.2) is 4.79 Å². The van der Waals surface area contributed by atoms with Crippen LogP contribution in [0.25, 0.3) is 0 Å². The van der Waals surface area contributed by atoms with Crippen LogP contribution in [-0.4, -0.2) is 17.7 Å². The maximum Gasteiger partial charge on any atom is 0.422 e. The highest BCUT2D eigenvalue weighted by Crippen LogP contribution is 2.59. The van der Waals surface area contributed by atoms with E-state index in [-0.39, 0.29) is 11.8 Å². The molecule has 0 aromatic heterocycles. The molecule has 0 spiro atoms. The fourth-order valence-electron chi connectivity index (χ4n) is 4.66. The Morgan fingerprint density at radius 2 is 1.45 bits per heavy atom. The van der Waals surface area contributed by atoms with Crippen LogP contribution in [0.2, 0.25) is 0 Å². The second kappa shape index (κ2) is 5.89. The summed E-state index contributed by atoms with van der Waals surface area (Å²) >= 11 is 0. The molecule has 4 aliphatic carbocycles. The molecule has 126 valence electrons. The lowest BCUT2D eigenvalue weighted by molar-refractivity contribution is -0.204. The van der Waals surface area contributed by atoms with Crippen molar-refractivity contribution in [2.45, 2.75) is 64.7 Å². The Kier molecular flexibility index (Phi) is 4.65. The largest absolute Gasteiger partial charge is 0.455 e. The molecule has 5 heteroatoms. The summed E-state index contributed by atoms with van der Waals surface area (Å²) in [4.78, 5) is 11.7. The van der Waals surface area contributed by atoms with E-state index in [2.05, 4.69) is 6.58 Å². The summed E-state index contributed by atoms with van der Waals surface area (Å²) in [5.41, 5.74) is -2.13. The third kappa shape index (κ3) is 2.91. The molecule has 2 nitrogen and oxygen atoms in total. The Labute approximate surface area is 130 Å². The zero-order valence-electron chi connectivity index (χ0n) is 13.5. The van der Waals surface area contributed by atoms with Crippen LogP contribution in [0, 0.1) is 23.7 Å². The van der Waals surface area contributed by atoms with Gasteiger partial charge in [-0.05, 0) is 62.7 Å². The molecule has 0 N–H and O–H groups in total. The molecule has 0 unspecified atom stereocenters. The highest BCUT2D eigenvalue weighted by Gasteiger charge is 2.57. The number of hydrogen-bond acceptors (Lipinski definition) is 2. The van der Waals surface area contributed by atoms with E-state index in [4.69, 9.17) is 4.74 Å². The molecular formula is C17H25F3O2. The molecule has 4 aliphatic rings. The molecule has 22 heavy (non-hydrogen) atoms. The smallest absolute Gasteiger partial charge is 0.422 e. The second-order valence-corrected chi connectivity index (χ2v) is 6.85. The number of alkyl halides is 3. The minimum atomic E-state index is -4.71. The average Bonchev–Trinajstić information content (AvgIpc) is 2.44. The Hall–Kier alpha value is -1.00. The Morgan fingerprint density at radius 1 is 1.05 bits per heavy atom. The van der Waals surface area contributed by atoms with Gasteiger partial charge in [0.25, 0.3) is 0 Å². The fraction of sp³-hybridized carbons (Fsp3) is 0.824. The first-order valence-corrected chi connectivity index (χ1v) is 8.19. The van der Waals surface area contributed by atoms with Crippen LogP contribution in [0.5, 0.6) is 0 Å². The third-order valence-corrected chi connectivity index (χ3v) is 5.66. The van der Waals surface area contributed by atoms with Crippen LogP contribution in [0.3, 0.4) is 0 Å². The molecule has 4 bridgehead atoms. The summed E-state index contributed by atoms with van der Waals surface area (Å²) in [7, 11) is 0. The Morgan fingerprint density at radius 3 is 1.82 bits per heavy atom. The molecular weight excluding hydrogens is 293 g/mol. The number of ether oxygens (including phenoxy) is 1. The van der Waals surface area contributed by atoms with E-state index >= 15 is 0 Å². The van der Waals surface area contributed by atoms with Gasteiger partial charge in [-0.1, -0.05) is 20.4 Å². The molecule has 4 fully saturated rings. The quantitative estimate of drug-likeness (QED) is 0.535. The SMILES string of the molecule is C=C(C(=O)OC1(C)C2CC3CC(C2)CC1C3)C(F)(F)F.CC. The summed E-state index contributed by atoms with van der Waals surface area (Å²) in [6.07, 6.45) is 0.459. The van der Waals surface area contributed by atoms with Crippen molar-refractivity contribution in [1.29, 1.82) is 0 Å². The molecule has 0 aliphatic heterocycles. The van der Waals surface area contributed by atoms with Crippen LogP contribution in [0.4, 0.5) is 13.2 Å². The number of hydrogen-bond donors (Lipinski definition) is 0. The van der Waals surface area contributed by atoms with Gasteiger partial charge in [0.05, 0.1) is 0 Å². The minimum absolute atomic E-state index is 0.212. The van der Waals surface area contributed by atoms with Crippen LogP contribution in [-0.2, 0) is 9.53 Å². The zero-order valence-corrected chi connectivity index (χ0v) is 13.5. The van der Waals surface area contributed by atoms with E-state index in [0.29, 0.717) is 11.8 Å². The van der Waals surface area contributed by atoms with E-state index in [9.17, 15) is 18.0 Å². The monoisotopic (exact) mass is 318 g/mol. The lowest BCUT2D eigenvalue weighted by Gasteiger charge is -2.59. The lowest BCUT2D eigenvalue weighted by Crippen LogP contribution is -2.58. The van der Waals surface area contributed by atoms with Gasteiger partial charge < -0.3 is 4.74 Å². The van der Waals surface area contributed by atoms with Gasteiger partial charge in [0.2, 0.25) is 0 Å². The maximum atomic E-state index is 12.5. The van der Waals surface area contributed by atoms with E-state index in [1.54, 1.807) is 0 Å². The summed E-state index contributed by atoms with van der Waals surface area (Å²) in [6, 6.07) is 0. The number of halogens is 3. The van der Waals surface area contributed by atoms with Crippen molar-refractivity contribution in [2.75, 3.05) is 0 Å². The van der Waals surface area contributed by atoms with Crippen LogP contribution in [0.15, 0.2) is 12.2 Å². The van der Waals surface area contributed by atoms with Crippen LogP contribution in [0.1, 0.15) is 52.9 Å². The first kappa shape index (κ1) is 17.4. The second-order valence-electron chi connectivity index (χ2n) is 6.85. The van der Waals surface area contributed by atoms with Crippen LogP contribution < -0.4 is 0 Å². The highest BCUT2D eigenvalue weighted by molar-refractivity contribution is 5.89. The fourth-order valence-corrected chi connectivity index (χ4v) is 4.66. The minimum Gasteiger partial charge on any atom is -0.455 e. The molecule has 0 aromatic carbocycles. The standard InChI is InChI=1S/C15H19F3O2.C2H6/c1-8(15(16,17)18)13(19)20-14(2)11-4-9-3-10(6-11)7-12(14)5-9;1-2/h9-12H,1,3-7H2,2H3;1-2H3. The van der Waals surface area contributed by atoms with Crippen LogP contribution >= 0.6 is 0 Å². The van der Waals surface area contributed by atoms with Crippen molar-refractivity contribution in [2.24, 2.45) is 23.7 Å². The molecule has 4 saturated carbocycles. The van der Waals surface area contributed by atoms with E-state index in [0.717, 1.165) is 25.7 Å². The average molecular weight is 318 g/mol. The van der Waals surface area contributed by atoms with E-state index < -0.39 is 23.3 Å². The van der Waals surface area contributed by atoms with Crippen molar-refractivity contribution in [1.82, 2.24) is 0 Å². The van der Waals surface area contributed by atoms with Gasteiger partial charge in [-0.2, -0.15) is 13.2 Å². The number of rotatable bonds is 2. The van der Waals surface area contributed by atoms with Gasteiger partial charge in [-0.3, -0.25) is 0 Å². The lowest BCUT2D eigenvalue weighted by atomic mass is 9.50. The summed E-state index contributed by atoms with van der Waals surface area (Å²) in [5.74, 6) is 0.477. The topological polar surface area (TPSA) is 26.3 Å². The normalized spacial score (nSPS) is 39.0. The predicted molar refractivity (Wildman–Crippen MR) is 78.1 cm³/mol. The van der Waals surface area contributed by atoms with Crippen molar-refractivity contribution < 1.29 is 22.7 Å². The van der Waals surface area contributed by atoms with E-state index in [1.165, 1.54) is 6.42 Å². The molecule has 0 atom stereocenters. The van der Waals surface area contributed by atoms with Crippen molar-refractivity contribution in [3.8, 4) is 0 Å². The van der Waals surface area contributed by atoms with Gasteiger partial charge in [-0.15, -0.1) is 0 Å². The maximum absolute atomic E-state index is 12.5. The molecule has 0 amide bonds. The summed E-state index contributed by atoms with van der Waals surface area (Å²) < 4.78 is 43.0. The number of carbonyl (C=O) groups is 1. The van der Waals surface area contributed by atoms with Gasteiger partial charge in [0.1, 0.15) is 11.2 Å². The first-order chi connectivity index (χ1) is 10.2. The molecule has 0 radical (unpaired) electrons. The van der Waals surface area contributed by atoms with Gasteiger partial charge >= 0.3 is 12.1 Å². The predicted octanol–water partition coefficient (Wildman–Crippen LogP) is 4.89. The highest BCUT2D eigenvalue weighted by atomic mass is 19.4. The van der Waals surface area contributed by atoms with Crippen molar-refractivity contribution >= 4 is 5.97 Å². The van der Waals surface area contributed by atoms with Crippen molar-refractivity contribution in [3.05, 3.63) is 12.2 Å². The molecule has 0 saturated heterocycles. The molecule has 4 rings (SSSR count). The summed E-state index contributed by atoms with van der Waals surface area (Å²) in [6.45, 7) is 8.66. The Bertz CT molecular complexity index is 425. The molecule has 0 heterocycles. The van der Waals surface area contributed by atoms with Gasteiger partial charge in [0, 0.05) is 0 Å².